The van der Waals surface area contributed by atoms with Gasteiger partial charge in [0.15, 0.2) is 0 Å². The van der Waals surface area contributed by atoms with E-state index in [0.29, 0.717) is 17.1 Å². The van der Waals surface area contributed by atoms with E-state index < -0.39 is 12.1 Å². The molecule has 1 aliphatic rings. The van der Waals surface area contributed by atoms with Gasteiger partial charge in [0.1, 0.15) is 12.1 Å². The number of carbonyl (C=O) groups excluding carboxylic acids is 2. The first-order chi connectivity index (χ1) is 9.86. The van der Waals surface area contributed by atoms with E-state index in [2.05, 4.69) is 21.2 Å². The number of nitrogens with zero attached hydrogens (tertiary/aromatic N) is 1. The third-order valence-corrected chi connectivity index (χ3v) is 4.42. The number of nitrogens with one attached hydrogen (secondary N) is 1. The standard InChI is InChI=1S/C15H18BrClN2O2/c1-4-11-15(21)19(13(8(2)3)14(20)18-11)12-7-9(16)5-6-10(12)17/h5-8,11,13H,4H2,1-3H3,(H,18,20). The molecule has 0 aliphatic carbocycles. The second kappa shape index (κ2) is 6.36. The summed E-state index contributed by atoms with van der Waals surface area (Å²) in [5.41, 5.74) is 0.572. The molecule has 0 bridgehead atoms. The van der Waals surface area contributed by atoms with E-state index in [9.17, 15) is 9.59 Å². The number of halogens is 2. The Morgan fingerprint density at radius 3 is 2.62 bits per heavy atom. The number of carbonyl (C=O) groups is 2. The summed E-state index contributed by atoms with van der Waals surface area (Å²) in [6.45, 7) is 5.71. The minimum absolute atomic E-state index is 0.0122. The zero-order chi connectivity index (χ0) is 15.7. The molecule has 2 rings (SSSR count). The molecule has 2 unspecified atom stereocenters. The molecule has 6 heteroatoms. The Bertz CT molecular complexity index is 577. The predicted molar refractivity (Wildman–Crippen MR) is 87.5 cm³/mol. The van der Waals surface area contributed by atoms with Crippen LogP contribution in [0, 0.1) is 5.92 Å². The van der Waals surface area contributed by atoms with Crippen LogP contribution in [-0.4, -0.2) is 23.9 Å². The number of amides is 2. The fourth-order valence-electron chi connectivity index (χ4n) is 2.56. The van der Waals surface area contributed by atoms with Crippen LogP contribution in [0.2, 0.25) is 5.02 Å². The van der Waals surface area contributed by atoms with Crippen molar-refractivity contribution < 1.29 is 9.59 Å². The second-order valence-corrected chi connectivity index (χ2v) is 6.79. The van der Waals surface area contributed by atoms with Crippen molar-refractivity contribution in [2.24, 2.45) is 5.92 Å². The van der Waals surface area contributed by atoms with Crippen LogP contribution >= 0.6 is 27.5 Å². The molecular weight excluding hydrogens is 356 g/mol. The highest BCUT2D eigenvalue weighted by Gasteiger charge is 2.42. The van der Waals surface area contributed by atoms with Gasteiger partial charge in [-0.1, -0.05) is 48.3 Å². The molecule has 1 fully saturated rings. The van der Waals surface area contributed by atoms with Crippen LogP contribution in [0.25, 0.3) is 0 Å². The van der Waals surface area contributed by atoms with Gasteiger partial charge in [0, 0.05) is 4.47 Å². The van der Waals surface area contributed by atoms with Gasteiger partial charge in [0.25, 0.3) is 0 Å². The summed E-state index contributed by atoms with van der Waals surface area (Å²) in [4.78, 5) is 26.6. The second-order valence-electron chi connectivity index (χ2n) is 5.46. The zero-order valence-electron chi connectivity index (χ0n) is 12.2. The molecule has 4 nitrogen and oxygen atoms in total. The molecule has 1 N–H and O–H groups in total. The van der Waals surface area contributed by atoms with Crippen molar-refractivity contribution in [3.63, 3.8) is 0 Å². The molecule has 1 heterocycles. The van der Waals surface area contributed by atoms with Gasteiger partial charge in [-0.3, -0.25) is 14.5 Å². The molecule has 0 radical (unpaired) electrons. The molecule has 1 saturated heterocycles. The van der Waals surface area contributed by atoms with E-state index in [0.717, 1.165) is 4.47 Å². The Morgan fingerprint density at radius 2 is 2.05 bits per heavy atom. The smallest absolute Gasteiger partial charge is 0.250 e. The molecule has 114 valence electrons. The highest BCUT2D eigenvalue weighted by molar-refractivity contribution is 9.10. The molecule has 0 aromatic heterocycles. The van der Waals surface area contributed by atoms with Gasteiger partial charge in [0.2, 0.25) is 11.8 Å². The van der Waals surface area contributed by atoms with E-state index in [1.165, 1.54) is 0 Å². The molecule has 1 aromatic rings. The molecular formula is C15H18BrClN2O2. The van der Waals surface area contributed by atoms with Crippen molar-refractivity contribution in [2.45, 2.75) is 39.3 Å². The number of benzene rings is 1. The Morgan fingerprint density at radius 1 is 1.38 bits per heavy atom. The summed E-state index contributed by atoms with van der Waals surface area (Å²) < 4.78 is 0.816. The van der Waals surface area contributed by atoms with Crippen molar-refractivity contribution in [1.29, 1.82) is 0 Å². The lowest BCUT2D eigenvalue weighted by molar-refractivity contribution is -0.134. The van der Waals surface area contributed by atoms with E-state index >= 15 is 0 Å². The topological polar surface area (TPSA) is 49.4 Å². The lowest BCUT2D eigenvalue weighted by atomic mass is 9.95. The lowest BCUT2D eigenvalue weighted by Crippen LogP contribution is -2.65. The maximum absolute atomic E-state index is 12.7. The quantitative estimate of drug-likeness (QED) is 0.883. The van der Waals surface area contributed by atoms with Gasteiger partial charge in [0.05, 0.1) is 10.7 Å². The first-order valence-electron chi connectivity index (χ1n) is 6.95. The molecule has 0 spiro atoms. The number of hydrogen-bond acceptors (Lipinski definition) is 2. The van der Waals surface area contributed by atoms with Gasteiger partial charge in [-0.25, -0.2) is 0 Å². The van der Waals surface area contributed by atoms with Crippen LogP contribution in [0.4, 0.5) is 5.69 Å². The van der Waals surface area contributed by atoms with Crippen LogP contribution in [0.5, 0.6) is 0 Å². The van der Waals surface area contributed by atoms with Crippen molar-refractivity contribution in [1.82, 2.24) is 5.32 Å². The van der Waals surface area contributed by atoms with Crippen LogP contribution in [0.1, 0.15) is 27.2 Å². The highest BCUT2D eigenvalue weighted by Crippen LogP contribution is 2.34. The van der Waals surface area contributed by atoms with E-state index in [1.807, 2.05) is 26.8 Å². The maximum Gasteiger partial charge on any atom is 0.250 e. The average molecular weight is 374 g/mol. The Labute approximate surface area is 138 Å². The largest absolute Gasteiger partial charge is 0.342 e. The normalized spacial score (nSPS) is 22.7. The third-order valence-electron chi connectivity index (χ3n) is 3.61. The van der Waals surface area contributed by atoms with Crippen LogP contribution in [0.3, 0.4) is 0 Å². The summed E-state index contributed by atoms with van der Waals surface area (Å²) in [7, 11) is 0. The summed E-state index contributed by atoms with van der Waals surface area (Å²) in [6.07, 6.45) is 0.553. The zero-order valence-corrected chi connectivity index (χ0v) is 14.5. The van der Waals surface area contributed by atoms with Gasteiger partial charge in [-0.05, 0) is 30.5 Å². The lowest BCUT2D eigenvalue weighted by Gasteiger charge is -2.41. The Balaban J connectivity index is 2.55. The minimum atomic E-state index is -0.549. The molecule has 21 heavy (non-hydrogen) atoms. The SMILES string of the molecule is CCC1NC(=O)C(C(C)C)N(c2cc(Br)ccc2Cl)C1=O. The first kappa shape index (κ1) is 16.3. The van der Waals surface area contributed by atoms with E-state index in [4.69, 9.17) is 11.6 Å². The average Bonchev–Trinajstić information content (AvgIpc) is 2.43. The molecule has 2 atom stereocenters. The summed E-state index contributed by atoms with van der Waals surface area (Å²) >= 11 is 9.65. The highest BCUT2D eigenvalue weighted by atomic mass is 79.9. The van der Waals surface area contributed by atoms with E-state index in [1.54, 1.807) is 17.0 Å². The van der Waals surface area contributed by atoms with Gasteiger partial charge < -0.3 is 5.32 Å². The Kier molecular flexibility index (Phi) is 4.94. The summed E-state index contributed by atoms with van der Waals surface area (Å²) in [5, 5.41) is 3.26. The molecule has 0 saturated carbocycles. The number of anilines is 1. The van der Waals surface area contributed by atoms with Crippen molar-refractivity contribution in [3.05, 3.63) is 27.7 Å². The number of piperazine rings is 1. The minimum Gasteiger partial charge on any atom is -0.342 e. The number of hydrogen-bond donors (Lipinski definition) is 1. The molecule has 2 amide bonds. The van der Waals surface area contributed by atoms with Crippen molar-refractivity contribution >= 4 is 45.0 Å². The van der Waals surface area contributed by atoms with Crippen LogP contribution in [-0.2, 0) is 9.59 Å². The molecule has 1 aromatic carbocycles. The summed E-state index contributed by atoms with van der Waals surface area (Å²) in [6, 6.07) is 4.26. The van der Waals surface area contributed by atoms with Gasteiger partial charge in [-0.2, -0.15) is 0 Å². The summed E-state index contributed by atoms with van der Waals surface area (Å²) in [5.74, 6) is -0.259. The number of rotatable bonds is 3. The van der Waals surface area contributed by atoms with Gasteiger partial charge in [-0.15, -0.1) is 0 Å². The predicted octanol–water partition coefficient (Wildman–Crippen LogP) is 3.37. The maximum atomic E-state index is 12.7. The van der Waals surface area contributed by atoms with Crippen molar-refractivity contribution in [3.8, 4) is 0 Å². The third kappa shape index (κ3) is 3.09. The fraction of sp³-hybridized carbons (Fsp3) is 0.467. The monoisotopic (exact) mass is 372 g/mol. The first-order valence-corrected chi connectivity index (χ1v) is 8.12. The van der Waals surface area contributed by atoms with Crippen molar-refractivity contribution in [2.75, 3.05) is 4.90 Å². The Hall–Kier alpha value is -1.07. The van der Waals surface area contributed by atoms with Gasteiger partial charge >= 0.3 is 0 Å². The molecule has 1 aliphatic heterocycles. The van der Waals surface area contributed by atoms with E-state index in [-0.39, 0.29) is 17.7 Å². The fourth-order valence-corrected chi connectivity index (χ4v) is 3.12. The van der Waals surface area contributed by atoms with Crippen LogP contribution < -0.4 is 10.2 Å². The van der Waals surface area contributed by atoms with Crippen LogP contribution in [0.15, 0.2) is 22.7 Å².